The Morgan fingerprint density at radius 2 is 0.566 bits per heavy atom. The lowest BCUT2D eigenvalue weighted by molar-refractivity contribution is -0.137. The number of benzene rings is 15. The second-order valence-corrected chi connectivity index (χ2v) is 42.8. The van der Waals surface area contributed by atoms with Crippen molar-refractivity contribution in [2.75, 3.05) is 56.9 Å². The quantitative estimate of drug-likeness (QED) is 0.0223. The summed E-state index contributed by atoms with van der Waals surface area (Å²) in [5.41, 5.74) is 2.30. The molecule has 608 valence electrons. The zero-order chi connectivity index (χ0) is 84.2. The number of thioether (sulfide) groups is 2. The van der Waals surface area contributed by atoms with Gasteiger partial charge in [0.1, 0.15) is 19.0 Å². The molecule has 20 rings (SSSR count). The van der Waals surface area contributed by atoms with Crippen molar-refractivity contribution in [3.8, 4) is 30.2 Å². The van der Waals surface area contributed by atoms with Crippen molar-refractivity contribution < 1.29 is 53.0 Å². The van der Waals surface area contributed by atoms with E-state index in [2.05, 4.69) is 279 Å². The Labute approximate surface area is 729 Å². The summed E-state index contributed by atoms with van der Waals surface area (Å²) in [6.45, 7) is 3.18. The van der Waals surface area contributed by atoms with Crippen LogP contribution < -0.4 is 4.74 Å². The molecule has 0 unspecified atom stereocenters. The van der Waals surface area contributed by atoms with Crippen molar-refractivity contribution in [1.29, 1.82) is 0 Å². The average molecular weight is 1760 g/mol. The molecule has 11 nitrogen and oxygen atoms in total. The maximum Gasteiger partial charge on any atom is 0.338 e. The number of aryl methyl sites for hydroxylation is 2. The van der Waals surface area contributed by atoms with Crippen LogP contribution in [-0.2, 0) is 19.4 Å². The predicted octanol–water partition coefficient (Wildman–Crippen LogP) is 26.3. The van der Waals surface area contributed by atoms with Gasteiger partial charge in [-0.05, 0) is 243 Å². The molecule has 0 bridgehead atoms. The Kier molecular flexibility index (Phi) is 26.9. The van der Waals surface area contributed by atoms with Gasteiger partial charge in [0.2, 0.25) is 0 Å². The first-order valence-corrected chi connectivity index (χ1v) is 49.6. The molecule has 5 heterocycles. The maximum absolute atomic E-state index is 12.1. The maximum atomic E-state index is 12.1. The molecule has 5 aromatic heterocycles. The Bertz CT molecular complexity index is 6820. The SMILES string of the molecule is Cc1cc(-[s+]2c3ccccc3c3ccccc32)cc(C)c1OC(=O)CO.O=C(OCCO)c1ccc(-[s+]2c3ccccc3c3ccccc32)cc1.O=S(=O)(CCO)c1ccc(-[s+]2c3ccccc3c3ccccc32)cc1.OCCSc1ccc(-[s+]2c3ccccc3c3ccccc32)cc1.OCCSc1ccc(-[s+]2c3ccccc3c3ccccc32)cc1. The minimum atomic E-state index is -3.42. The predicted molar refractivity (Wildman–Crippen MR) is 521 cm³/mol. The molecule has 20 aromatic rings. The lowest BCUT2D eigenvalue weighted by atomic mass is 10.1. The Morgan fingerprint density at radius 3 is 0.820 bits per heavy atom. The average Bonchev–Trinajstić information content (AvgIpc) is 1.62. The highest BCUT2D eigenvalue weighted by molar-refractivity contribution is 7.99. The van der Waals surface area contributed by atoms with Crippen LogP contribution in [0.2, 0.25) is 0 Å². The summed E-state index contributed by atoms with van der Waals surface area (Å²) in [5, 5.41) is 57.7. The highest BCUT2D eigenvalue weighted by Gasteiger charge is 2.30. The molecule has 0 spiro atoms. The van der Waals surface area contributed by atoms with E-state index in [1.54, 1.807) is 47.8 Å². The molecule has 0 saturated carbocycles. The number of carbonyl (C=O) groups is 2. The van der Waals surface area contributed by atoms with Gasteiger partial charge in [-0.25, -0.2) is 18.0 Å². The Morgan fingerprint density at radius 1 is 0.311 bits per heavy atom. The van der Waals surface area contributed by atoms with E-state index >= 15 is 0 Å². The van der Waals surface area contributed by atoms with Crippen LogP contribution in [0.4, 0.5) is 0 Å². The number of esters is 2. The van der Waals surface area contributed by atoms with Gasteiger partial charge >= 0.3 is 11.9 Å². The molecule has 0 atom stereocenters. The minimum Gasteiger partial charge on any atom is -0.460 e. The third-order valence-corrected chi connectivity index (χ3v) is 36.1. The van der Waals surface area contributed by atoms with Crippen LogP contribution in [0.25, 0.3) is 125 Å². The molecular formula is C103H87O11S8+5. The van der Waals surface area contributed by atoms with Crippen LogP contribution in [0.3, 0.4) is 0 Å². The molecule has 19 heteroatoms. The number of aliphatic hydroxyl groups excluding tert-OH is 5. The van der Waals surface area contributed by atoms with Gasteiger partial charge in [0.05, 0.1) is 42.6 Å². The van der Waals surface area contributed by atoms with Gasteiger partial charge in [0.25, 0.3) is 0 Å². The van der Waals surface area contributed by atoms with Crippen LogP contribution in [-0.4, -0.2) is 103 Å². The first kappa shape index (κ1) is 84.4. The van der Waals surface area contributed by atoms with Crippen molar-refractivity contribution in [2.24, 2.45) is 0 Å². The topological polar surface area (TPSA) is 188 Å². The number of hydrogen-bond donors (Lipinski definition) is 5. The smallest absolute Gasteiger partial charge is 0.338 e. The van der Waals surface area contributed by atoms with E-state index in [1.807, 2.05) is 62.4 Å². The van der Waals surface area contributed by atoms with Gasteiger partial charge in [-0.1, -0.05) is 121 Å². The summed E-state index contributed by atoms with van der Waals surface area (Å²) in [6.07, 6.45) is 0. The minimum absolute atomic E-state index is 0.0132. The monoisotopic (exact) mass is 1760 g/mol. The van der Waals surface area contributed by atoms with Crippen LogP contribution in [0, 0.1) is 13.8 Å². The molecule has 0 fully saturated rings. The molecule has 0 amide bonds. The van der Waals surface area contributed by atoms with Crippen molar-refractivity contribution in [2.45, 2.75) is 28.5 Å². The number of hydrogen-bond acceptors (Lipinski definition) is 13. The van der Waals surface area contributed by atoms with E-state index < -0.39 is 28.4 Å². The number of aliphatic hydroxyl groups is 5. The number of ether oxygens (including phenoxy) is 2. The zero-order valence-electron chi connectivity index (χ0n) is 66.8. The molecule has 0 aliphatic carbocycles. The third kappa shape index (κ3) is 17.8. The summed E-state index contributed by atoms with van der Waals surface area (Å²) in [6, 6.07) is 122. The molecule has 0 saturated heterocycles. The molecule has 5 N–H and O–H groups in total. The lowest BCUT2D eigenvalue weighted by Crippen LogP contribution is -2.13. The van der Waals surface area contributed by atoms with Gasteiger partial charge in [-0.3, -0.25) is 0 Å². The normalized spacial score (nSPS) is 11.4. The van der Waals surface area contributed by atoms with E-state index in [4.69, 9.17) is 35.0 Å². The van der Waals surface area contributed by atoms with Gasteiger partial charge in [0, 0.05) is 140 Å². The summed E-state index contributed by atoms with van der Waals surface area (Å²) in [4.78, 5) is 32.3. The highest BCUT2D eigenvalue weighted by atomic mass is 32.2. The summed E-state index contributed by atoms with van der Waals surface area (Å²) >= 11 is 3.39. The fourth-order valence-corrected chi connectivity index (χ4v) is 29.9. The molecule has 0 radical (unpaired) electrons. The lowest BCUT2D eigenvalue weighted by Gasteiger charge is -2.09. The largest absolute Gasteiger partial charge is 0.460 e. The summed E-state index contributed by atoms with van der Waals surface area (Å²) < 4.78 is 48.0. The van der Waals surface area contributed by atoms with E-state index in [-0.39, 0.29) is 96.0 Å². The van der Waals surface area contributed by atoms with Crippen LogP contribution in [0.15, 0.2) is 367 Å². The van der Waals surface area contributed by atoms with Crippen LogP contribution in [0.5, 0.6) is 5.75 Å². The van der Waals surface area contributed by atoms with Gasteiger partial charge in [0.15, 0.2) is 81.3 Å². The Balaban J connectivity index is 0.000000113. The number of fused-ring (bicyclic) bond motifs is 15. The van der Waals surface area contributed by atoms with E-state index in [0.717, 1.165) is 27.5 Å². The van der Waals surface area contributed by atoms with Gasteiger partial charge in [-0.2, -0.15) is 0 Å². The van der Waals surface area contributed by atoms with E-state index in [1.165, 1.54) is 130 Å². The number of thiophene rings is 5. The third-order valence-electron chi connectivity index (χ3n) is 20.8. The number of rotatable bonds is 19. The Hall–Kier alpha value is -11.2. The number of sulfone groups is 1. The van der Waals surface area contributed by atoms with Crippen molar-refractivity contribution in [1.82, 2.24) is 0 Å². The van der Waals surface area contributed by atoms with E-state index in [0.29, 0.717) is 11.3 Å². The zero-order valence-corrected chi connectivity index (χ0v) is 73.3. The molecule has 15 aromatic carbocycles. The standard InChI is InChI=1S/C22H19O3S.C21H17O3S.C20H17O3S2.2C20H17OS2/c1-14-11-16(12-15(2)22(14)25-21(24)13-23)26-19-9-5-3-7-17(19)18-8-4-6-10-20(18)26;22-13-14-24-21(23)15-9-11-16(12-10-15)25-19-7-3-1-5-17(19)18-6-2-4-8-20(18)25;21-13-14-25(22,23)16-11-9-15(10-12-16)24-19-7-3-1-5-17(19)18-6-2-4-8-20(18)24;2*21-13-14-22-15-9-11-16(12-10-15)23-19-7-3-1-5-17(19)18-6-2-4-8-20(18)23/h3-12,23H,13H2,1-2H3;1-12,22H,13-14H2;1-12,21H,13-14H2;2*1-12,21H,13-14H2/q5*+1. The van der Waals surface area contributed by atoms with Gasteiger partial charge < -0.3 is 35.0 Å². The van der Waals surface area contributed by atoms with Gasteiger partial charge in [-0.15, -0.1) is 23.5 Å². The fourth-order valence-electron chi connectivity index (χ4n) is 15.5. The summed E-state index contributed by atoms with van der Waals surface area (Å²) in [7, 11) is -4.00. The second kappa shape index (κ2) is 38.9. The molecule has 122 heavy (non-hydrogen) atoms. The molecular weight excluding hydrogens is 1670 g/mol. The fraction of sp³-hybridized carbons (Fsp3) is 0.107. The number of carbonyl (C=O) groups excluding carboxylic acids is 2. The van der Waals surface area contributed by atoms with Crippen LogP contribution in [0.1, 0.15) is 21.5 Å². The van der Waals surface area contributed by atoms with Crippen molar-refractivity contribution in [3.63, 3.8) is 0 Å². The first-order chi connectivity index (χ1) is 59.8. The second-order valence-electron chi connectivity index (χ2n) is 28.5. The summed E-state index contributed by atoms with van der Waals surface area (Å²) in [5.74, 6) is 0.744. The van der Waals surface area contributed by atoms with Crippen molar-refractivity contribution in [3.05, 3.63) is 369 Å². The van der Waals surface area contributed by atoms with Crippen LogP contribution >= 0.6 is 75.9 Å². The molecule has 0 aliphatic heterocycles. The van der Waals surface area contributed by atoms with E-state index in [9.17, 15) is 18.0 Å². The highest BCUT2D eigenvalue weighted by Crippen LogP contribution is 2.54. The molecule has 0 aliphatic rings. The first-order valence-electron chi connectivity index (χ1n) is 39.8. The van der Waals surface area contributed by atoms with Crippen molar-refractivity contribution >= 4 is 199 Å².